The molecule has 4 heteroatoms. The molecular weight excluding hydrogens is 228 g/mol. The molecule has 1 aromatic rings. The van der Waals surface area contributed by atoms with Gasteiger partial charge >= 0.3 is 0 Å². The van der Waals surface area contributed by atoms with Crippen molar-refractivity contribution in [1.82, 2.24) is 4.90 Å². The number of ether oxygens (including phenoxy) is 2. The maximum absolute atomic E-state index is 6.28. The van der Waals surface area contributed by atoms with Crippen LogP contribution in [-0.2, 0) is 0 Å². The van der Waals surface area contributed by atoms with Crippen molar-refractivity contribution in [2.24, 2.45) is 5.73 Å². The number of hydrogen-bond donors (Lipinski definition) is 1. The Kier molecular flexibility index (Phi) is 4.44. The molecule has 0 saturated carbocycles. The van der Waals surface area contributed by atoms with Gasteiger partial charge in [0.15, 0.2) is 0 Å². The molecule has 1 unspecified atom stereocenters. The number of hydrogen-bond acceptors (Lipinski definition) is 4. The van der Waals surface area contributed by atoms with Crippen LogP contribution in [0, 0.1) is 0 Å². The molecule has 1 saturated heterocycles. The van der Waals surface area contributed by atoms with Crippen LogP contribution >= 0.6 is 0 Å². The van der Waals surface area contributed by atoms with Crippen molar-refractivity contribution in [3.05, 3.63) is 23.8 Å². The summed E-state index contributed by atoms with van der Waals surface area (Å²) in [6, 6.07) is 5.81. The van der Waals surface area contributed by atoms with Crippen LogP contribution in [0.2, 0.25) is 0 Å². The SMILES string of the molecule is COc1ccc(C(N)CN2CCCC2)c(OC)c1. The predicted molar refractivity (Wildman–Crippen MR) is 72.1 cm³/mol. The minimum atomic E-state index is -0.0102. The van der Waals surface area contributed by atoms with Crippen molar-refractivity contribution in [1.29, 1.82) is 0 Å². The van der Waals surface area contributed by atoms with E-state index >= 15 is 0 Å². The van der Waals surface area contributed by atoms with E-state index in [0.29, 0.717) is 0 Å². The summed E-state index contributed by atoms with van der Waals surface area (Å²) in [4.78, 5) is 2.41. The molecule has 0 aliphatic carbocycles. The van der Waals surface area contributed by atoms with E-state index in [9.17, 15) is 0 Å². The van der Waals surface area contributed by atoms with Gasteiger partial charge < -0.3 is 20.1 Å². The van der Waals surface area contributed by atoms with E-state index in [-0.39, 0.29) is 6.04 Å². The molecule has 2 N–H and O–H groups in total. The minimum Gasteiger partial charge on any atom is -0.497 e. The number of benzene rings is 1. The largest absolute Gasteiger partial charge is 0.497 e. The zero-order valence-electron chi connectivity index (χ0n) is 11.2. The summed E-state index contributed by atoms with van der Waals surface area (Å²) >= 11 is 0. The molecule has 0 amide bonds. The Bertz CT molecular complexity index is 389. The van der Waals surface area contributed by atoms with Crippen molar-refractivity contribution in [3.8, 4) is 11.5 Å². The van der Waals surface area contributed by atoms with Gasteiger partial charge in [0, 0.05) is 24.2 Å². The number of nitrogens with two attached hydrogens (primary N) is 1. The molecule has 1 aliphatic heterocycles. The van der Waals surface area contributed by atoms with Crippen molar-refractivity contribution in [2.75, 3.05) is 33.9 Å². The Morgan fingerprint density at radius 2 is 1.94 bits per heavy atom. The fourth-order valence-electron chi connectivity index (χ4n) is 2.47. The molecule has 0 bridgehead atoms. The highest BCUT2D eigenvalue weighted by molar-refractivity contribution is 5.42. The second-order valence-corrected chi connectivity index (χ2v) is 4.72. The minimum absolute atomic E-state index is 0.0102. The third-order valence-electron chi connectivity index (χ3n) is 3.49. The van der Waals surface area contributed by atoms with Gasteiger partial charge in [0.05, 0.1) is 14.2 Å². The molecule has 0 spiro atoms. The van der Waals surface area contributed by atoms with Gasteiger partial charge in [-0.05, 0) is 32.0 Å². The third kappa shape index (κ3) is 2.94. The maximum atomic E-state index is 6.28. The zero-order chi connectivity index (χ0) is 13.0. The van der Waals surface area contributed by atoms with E-state index in [1.54, 1.807) is 14.2 Å². The first-order valence-corrected chi connectivity index (χ1v) is 6.44. The van der Waals surface area contributed by atoms with Gasteiger partial charge in [-0.15, -0.1) is 0 Å². The Labute approximate surface area is 109 Å². The van der Waals surface area contributed by atoms with Crippen LogP contribution in [0.1, 0.15) is 24.4 Å². The van der Waals surface area contributed by atoms with Crippen LogP contribution in [0.25, 0.3) is 0 Å². The maximum Gasteiger partial charge on any atom is 0.127 e. The molecular formula is C14H22N2O2. The first-order valence-electron chi connectivity index (χ1n) is 6.44. The van der Waals surface area contributed by atoms with Gasteiger partial charge in [0.25, 0.3) is 0 Å². The molecule has 100 valence electrons. The first-order chi connectivity index (χ1) is 8.74. The van der Waals surface area contributed by atoms with Crippen LogP contribution in [-0.4, -0.2) is 38.8 Å². The summed E-state index contributed by atoms with van der Waals surface area (Å²) in [7, 11) is 3.32. The monoisotopic (exact) mass is 250 g/mol. The normalized spacial score (nSPS) is 17.7. The Balaban J connectivity index is 2.10. The van der Waals surface area contributed by atoms with Gasteiger partial charge in [-0.3, -0.25) is 0 Å². The van der Waals surface area contributed by atoms with Crippen LogP contribution in [0.4, 0.5) is 0 Å². The van der Waals surface area contributed by atoms with Gasteiger partial charge in [0.1, 0.15) is 11.5 Å². The van der Waals surface area contributed by atoms with Crippen LogP contribution in [0.15, 0.2) is 18.2 Å². The molecule has 18 heavy (non-hydrogen) atoms. The second kappa shape index (κ2) is 6.07. The average molecular weight is 250 g/mol. The van der Waals surface area contributed by atoms with E-state index in [4.69, 9.17) is 15.2 Å². The number of likely N-dealkylation sites (tertiary alicyclic amines) is 1. The summed E-state index contributed by atoms with van der Waals surface area (Å²) in [5, 5.41) is 0. The van der Waals surface area contributed by atoms with E-state index in [1.807, 2.05) is 18.2 Å². The molecule has 1 fully saturated rings. The molecule has 0 aromatic heterocycles. The summed E-state index contributed by atoms with van der Waals surface area (Å²) in [5.74, 6) is 1.60. The fourth-order valence-corrected chi connectivity index (χ4v) is 2.47. The van der Waals surface area contributed by atoms with E-state index in [0.717, 1.165) is 36.7 Å². The molecule has 1 heterocycles. The van der Waals surface area contributed by atoms with Crippen molar-refractivity contribution in [3.63, 3.8) is 0 Å². The highest BCUT2D eigenvalue weighted by Gasteiger charge is 2.18. The summed E-state index contributed by atoms with van der Waals surface area (Å²) in [6.07, 6.45) is 2.57. The Morgan fingerprint density at radius 3 is 2.56 bits per heavy atom. The Morgan fingerprint density at radius 1 is 1.22 bits per heavy atom. The summed E-state index contributed by atoms with van der Waals surface area (Å²) in [5.41, 5.74) is 7.33. The van der Waals surface area contributed by atoms with E-state index < -0.39 is 0 Å². The Hall–Kier alpha value is -1.26. The van der Waals surface area contributed by atoms with Crippen molar-refractivity contribution in [2.45, 2.75) is 18.9 Å². The zero-order valence-corrected chi connectivity index (χ0v) is 11.2. The standard InChI is InChI=1S/C14H22N2O2/c1-17-11-5-6-12(14(9-11)18-2)13(15)10-16-7-3-4-8-16/h5-6,9,13H,3-4,7-8,10,15H2,1-2H3. The summed E-state index contributed by atoms with van der Waals surface area (Å²) < 4.78 is 10.6. The first kappa shape index (κ1) is 13.2. The fraction of sp³-hybridized carbons (Fsp3) is 0.571. The lowest BCUT2D eigenvalue weighted by atomic mass is 10.1. The van der Waals surface area contributed by atoms with Crippen LogP contribution in [0.5, 0.6) is 11.5 Å². The van der Waals surface area contributed by atoms with E-state index in [1.165, 1.54) is 12.8 Å². The lowest BCUT2D eigenvalue weighted by Gasteiger charge is -2.22. The molecule has 1 aromatic carbocycles. The molecule has 1 aliphatic rings. The van der Waals surface area contributed by atoms with Gasteiger partial charge in [-0.25, -0.2) is 0 Å². The van der Waals surface area contributed by atoms with Crippen molar-refractivity contribution < 1.29 is 9.47 Å². The smallest absolute Gasteiger partial charge is 0.127 e. The quantitative estimate of drug-likeness (QED) is 0.865. The van der Waals surface area contributed by atoms with E-state index in [2.05, 4.69) is 4.90 Å². The molecule has 0 radical (unpaired) electrons. The van der Waals surface area contributed by atoms with Gasteiger partial charge in [-0.2, -0.15) is 0 Å². The highest BCUT2D eigenvalue weighted by atomic mass is 16.5. The number of rotatable bonds is 5. The van der Waals surface area contributed by atoms with Crippen LogP contribution in [0.3, 0.4) is 0 Å². The second-order valence-electron chi connectivity index (χ2n) is 4.72. The number of nitrogens with zero attached hydrogens (tertiary/aromatic N) is 1. The van der Waals surface area contributed by atoms with Gasteiger partial charge in [0.2, 0.25) is 0 Å². The van der Waals surface area contributed by atoms with Crippen LogP contribution < -0.4 is 15.2 Å². The summed E-state index contributed by atoms with van der Waals surface area (Å²) in [6.45, 7) is 3.21. The lowest BCUT2D eigenvalue weighted by Crippen LogP contribution is -2.30. The lowest BCUT2D eigenvalue weighted by molar-refractivity contribution is 0.311. The third-order valence-corrected chi connectivity index (χ3v) is 3.49. The molecule has 2 rings (SSSR count). The van der Waals surface area contributed by atoms with Gasteiger partial charge in [-0.1, -0.05) is 6.07 Å². The average Bonchev–Trinajstić information content (AvgIpc) is 2.90. The molecule has 4 nitrogen and oxygen atoms in total. The number of methoxy groups -OCH3 is 2. The highest BCUT2D eigenvalue weighted by Crippen LogP contribution is 2.29. The van der Waals surface area contributed by atoms with Crippen molar-refractivity contribution >= 4 is 0 Å². The topological polar surface area (TPSA) is 47.7 Å². The predicted octanol–water partition coefficient (Wildman–Crippen LogP) is 1.80. The molecule has 1 atom stereocenters.